The molecule has 7 aromatic rings. The highest BCUT2D eigenvalue weighted by Gasteiger charge is 2.28. The molecule has 0 spiro atoms. The Morgan fingerprint density at radius 1 is 0.589 bits per heavy atom. The van der Waals surface area contributed by atoms with Gasteiger partial charge in [0.25, 0.3) is 11.6 Å². The minimum atomic E-state index is -0.383. The number of nitro benzene ring substituents is 1. The largest absolute Gasteiger partial charge is 0.469 e. The Labute approximate surface area is 546 Å². The van der Waals surface area contributed by atoms with Crippen molar-refractivity contribution in [2.24, 2.45) is 16.2 Å². The van der Waals surface area contributed by atoms with Crippen LogP contribution in [0.25, 0.3) is 6.08 Å². The van der Waals surface area contributed by atoms with Gasteiger partial charge in [0, 0.05) is 41.9 Å². The van der Waals surface area contributed by atoms with Gasteiger partial charge < -0.3 is 4.42 Å². The van der Waals surface area contributed by atoms with Gasteiger partial charge in [0.2, 0.25) is 5.91 Å². The van der Waals surface area contributed by atoms with Crippen molar-refractivity contribution < 1.29 is 18.9 Å². The number of allylic oxidation sites excluding steroid dienone is 1. The lowest BCUT2D eigenvalue weighted by Crippen LogP contribution is -2.38. The SMILES string of the molecule is C/C(=C\c1ccccc1)C(C)(C)C.CC.CC(C)(C)C1=CCC(=O)NC1=O.CC(C)(C)c1ccc([N+](=O)[O-])cc1.CC(C)(C)c1cccc(C#N)c1.CC(C)(C)c1ccco1.CC(C)(C)c1ccncc1.CC(c1ccccc1)C(C)(C)C.Cc1ccccc1. The molecule has 5 aromatic carbocycles. The number of nitrogens with one attached hydrogen (secondary N) is 1. The fraction of sp³-hybridized carbons (Fsp3) is 0.432. The molecule has 90 heavy (non-hydrogen) atoms. The molecule has 3 heterocycles. The van der Waals surface area contributed by atoms with Crippen molar-refractivity contribution in [2.45, 2.75) is 214 Å². The van der Waals surface area contributed by atoms with Crippen LogP contribution < -0.4 is 5.32 Å². The van der Waals surface area contributed by atoms with Crippen LogP contribution in [0.5, 0.6) is 0 Å². The van der Waals surface area contributed by atoms with Gasteiger partial charge in [0.1, 0.15) is 5.76 Å². The van der Waals surface area contributed by atoms with Crippen molar-refractivity contribution in [3.63, 3.8) is 0 Å². The van der Waals surface area contributed by atoms with Crippen molar-refractivity contribution in [1.82, 2.24) is 10.3 Å². The zero-order chi connectivity index (χ0) is 69.3. The molecule has 0 bridgehead atoms. The van der Waals surface area contributed by atoms with Gasteiger partial charge in [-0.25, -0.2) is 0 Å². The Bertz CT molecular complexity index is 3220. The van der Waals surface area contributed by atoms with Gasteiger partial charge in [-0.15, -0.1) is 0 Å². The van der Waals surface area contributed by atoms with E-state index in [4.69, 9.17) is 9.68 Å². The van der Waals surface area contributed by atoms with Crippen LogP contribution in [0, 0.1) is 44.6 Å². The summed E-state index contributed by atoms with van der Waals surface area (Å²) in [4.78, 5) is 36.0. The summed E-state index contributed by atoms with van der Waals surface area (Å²) in [7, 11) is 0. The van der Waals surface area contributed by atoms with E-state index in [0.29, 0.717) is 23.3 Å². The van der Waals surface area contributed by atoms with Crippen LogP contribution in [0.1, 0.15) is 230 Å². The Hall–Kier alpha value is -7.96. The number of pyridine rings is 1. The quantitative estimate of drug-likeness (QED) is 0.106. The van der Waals surface area contributed by atoms with E-state index in [9.17, 15) is 19.7 Å². The molecule has 0 aliphatic carbocycles. The number of nitriles is 1. The number of nitro groups is 1. The Balaban J connectivity index is 0.00000101. The molecule has 1 aliphatic heterocycles. The van der Waals surface area contributed by atoms with Crippen molar-refractivity contribution >= 4 is 23.6 Å². The molecule has 0 radical (unpaired) electrons. The van der Waals surface area contributed by atoms with Crippen LogP contribution in [-0.4, -0.2) is 21.7 Å². The van der Waals surface area contributed by atoms with Crippen molar-refractivity contribution in [2.75, 3.05) is 0 Å². The van der Waals surface area contributed by atoms with Crippen molar-refractivity contribution in [3.05, 3.63) is 254 Å². The fourth-order valence-electron chi connectivity index (χ4n) is 7.67. The number of aryl methyl sites for hydroxylation is 1. The van der Waals surface area contributed by atoms with Gasteiger partial charge in [-0.1, -0.05) is 305 Å². The third-order valence-corrected chi connectivity index (χ3v) is 14.3. The average molecular weight is 1220 g/mol. The topological polar surface area (TPSA) is 139 Å². The Morgan fingerprint density at radius 2 is 1.06 bits per heavy atom. The molecule has 0 saturated carbocycles. The van der Waals surface area contributed by atoms with Crippen LogP contribution in [0.4, 0.5) is 5.69 Å². The third-order valence-electron chi connectivity index (χ3n) is 14.3. The van der Waals surface area contributed by atoms with E-state index in [0.717, 1.165) is 16.9 Å². The van der Waals surface area contributed by atoms with Gasteiger partial charge in [0.15, 0.2) is 0 Å². The molecule has 2 amide bonds. The van der Waals surface area contributed by atoms with E-state index in [2.05, 4.69) is 253 Å². The normalized spacial score (nSPS) is 12.6. The molecule has 1 N–H and O–H groups in total. The molecule has 1 aliphatic rings. The van der Waals surface area contributed by atoms with Crippen LogP contribution in [0.15, 0.2) is 204 Å². The summed E-state index contributed by atoms with van der Waals surface area (Å²) in [5.41, 5.74) is 11.7. The first kappa shape index (κ1) is 82.0. The summed E-state index contributed by atoms with van der Waals surface area (Å²) < 4.78 is 5.20. The first-order valence-corrected chi connectivity index (χ1v) is 31.5. The van der Waals surface area contributed by atoms with E-state index >= 15 is 0 Å². The molecule has 1 atom stereocenters. The lowest BCUT2D eigenvalue weighted by atomic mass is 9.78. The summed E-state index contributed by atoms with van der Waals surface area (Å²) in [5, 5.41) is 21.3. The molecule has 9 heteroatoms. The highest BCUT2D eigenvalue weighted by molar-refractivity contribution is 6.08. The van der Waals surface area contributed by atoms with Gasteiger partial charge in [-0.05, 0) is 116 Å². The van der Waals surface area contributed by atoms with Crippen LogP contribution in [0.2, 0.25) is 0 Å². The zero-order valence-electron chi connectivity index (χ0n) is 60.1. The highest BCUT2D eigenvalue weighted by Crippen LogP contribution is 2.34. The maximum atomic E-state index is 11.3. The third kappa shape index (κ3) is 34.7. The predicted octanol–water partition coefficient (Wildman–Crippen LogP) is 22.7. The first-order valence-electron chi connectivity index (χ1n) is 31.5. The number of nitrogens with zero attached hydrogens (tertiary/aromatic N) is 3. The van der Waals surface area contributed by atoms with Gasteiger partial charge in [0.05, 0.1) is 22.8 Å². The minimum absolute atomic E-state index is 0.0507. The summed E-state index contributed by atoms with van der Waals surface area (Å²) in [5.74, 6) is 1.20. The number of benzene rings is 5. The summed E-state index contributed by atoms with van der Waals surface area (Å²) in [6.45, 7) is 55.6. The number of carbonyl (C=O) groups excluding carboxylic acids is 2. The second-order valence-corrected chi connectivity index (χ2v) is 29.3. The monoisotopic (exact) mass is 1220 g/mol. The number of amides is 2. The smallest absolute Gasteiger partial charge is 0.269 e. The maximum Gasteiger partial charge on any atom is 0.269 e. The van der Waals surface area contributed by atoms with Crippen LogP contribution >= 0.6 is 0 Å². The van der Waals surface area contributed by atoms with E-state index in [1.54, 1.807) is 36.6 Å². The van der Waals surface area contributed by atoms with Gasteiger partial charge in [-0.3, -0.25) is 30.0 Å². The van der Waals surface area contributed by atoms with E-state index in [1.165, 1.54) is 33.4 Å². The average Bonchev–Trinajstić information content (AvgIpc) is 3.23. The standard InChI is InChI=1S/C13H18.C12H18.C11H13N.C10H13NO2.C9H13NO2.C9H13N.C8H12O.C7H8.C2H6/c1-11(13(2,3)4)10-12-8-6-5-7-9-12;1-10(12(2,3)4)11-8-6-5-7-9-11;1-11(2,3)10-6-4-5-9(7-10)8-12;1-10(2,3)8-4-6-9(7-5-8)11(12)13;1-9(2,3)6-4-5-7(11)10-8(6)12;1-9(2,3)8-4-6-10-7-5-8;1-8(2,3)7-5-4-6-9-7;1-7-5-3-2-4-6-7;1-2/h5-10H,1-4H3;5-10H,1-4H3;4-7H,1-3H3;4-7H,1-3H3;4H,5H2,1-3H3,(H,10,11,12);4-7H,1-3H3;4-6H,1-3H3;2-6H,1H3;1-2H3/b11-10+;;;;;;;;. The number of carbonyl (C=O) groups is 2. The number of hydrogen-bond acceptors (Lipinski definition) is 7. The summed E-state index contributed by atoms with van der Waals surface area (Å²) in [6, 6.07) is 56.0. The van der Waals surface area contributed by atoms with Gasteiger partial charge >= 0.3 is 0 Å². The molecular formula is C81H114N4O5. The van der Waals surface area contributed by atoms with Crippen molar-refractivity contribution in [3.8, 4) is 6.07 Å². The maximum absolute atomic E-state index is 11.3. The Morgan fingerprint density at radius 3 is 1.40 bits per heavy atom. The van der Waals surface area contributed by atoms with Crippen LogP contribution in [-0.2, 0) is 31.2 Å². The van der Waals surface area contributed by atoms with Crippen LogP contribution in [0.3, 0.4) is 0 Å². The molecule has 488 valence electrons. The molecule has 8 rings (SSSR count). The fourth-order valence-corrected chi connectivity index (χ4v) is 7.67. The van der Waals surface area contributed by atoms with Crippen molar-refractivity contribution in [1.29, 1.82) is 5.26 Å². The predicted molar refractivity (Wildman–Crippen MR) is 384 cm³/mol. The zero-order valence-corrected chi connectivity index (χ0v) is 60.1. The van der Waals surface area contributed by atoms with E-state index < -0.39 is 0 Å². The number of non-ortho nitro benzene ring substituents is 1. The summed E-state index contributed by atoms with van der Waals surface area (Å²) in [6.07, 6.45) is 9.65. The molecule has 0 fully saturated rings. The van der Waals surface area contributed by atoms with Gasteiger partial charge in [-0.2, -0.15) is 5.26 Å². The number of aromatic nitrogens is 1. The number of rotatable bonds is 3. The highest BCUT2D eigenvalue weighted by atomic mass is 16.6. The molecule has 9 nitrogen and oxygen atoms in total. The Kier molecular flexibility index (Phi) is 35.1. The lowest BCUT2D eigenvalue weighted by Gasteiger charge is -2.27. The molecule has 1 unspecified atom stereocenters. The minimum Gasteiger partial charge on any atom is -0.469 e. The number of hydrogen-bond donors (Lipinski definition) is 1. The number of imide groups is 1. The molecule has 2 aromatic heterocycles. The lowest BCUT2D eigenvalue weighted by molar-refractivity contribution is -0.384. The first-order chi connectivity index (χ1) is 41.5. The molecular weight excluding hydrogens is 1110 g/mol. The second kappa shape index (κ2) is 38.6. The van der Waals surface area contributed by atoms with E-state index in [1.807, 2.05) is 102 Å². The summed E-state index contributed by atoms with van der Waals surface area (Å²) >= 11 is 0. The van der Waals surface area contributed by atoms with E-state index in [-0.39, 0.29) is 54.9 Å². The second-order valence-electron chi connectivity index (χ2n) is 29.3. The molecule has 0 saturated heterocycles. The number of furan rings is 1.